The van der Waals surface area contributed by atoms with Crippen LogP contribution in [-0.2, 0) is 65.4 Å². The van der Waals surface area contributed by atoms with Crippen LogP contribution in [0.3, 0.4) is 0 Å². The van der Waals surface area contributed by atoms with E-state index < -0.39 is 102 Å². The van der Waals surface area contributed by atoms with E-state index >= 15 is 0 Å². The minimum atomic E-state index is -2.49. The molecule has 4 fully saturated rings. The van der Waals surface area contributed by atoms with Crippen LogP contribution in [-0.4, -0.2) is 202 Å². The number of fused-ring (bicyclic) bond motifs is 4. The number of esters is 1. The summed E-state index contributed by atoms with van der Waals surface area (Å²) in [5.41, 5.74) is 10.4. The highest BCUT2D eigenvalue weighted by molar-refractivity contribution is 6.39. The molecule has 0 unspecified atom stereocenters. The van der Waals surface area contributed by atoms with Crippen molar-refractivity contribution in [2.45, 2.75) is 199 Å². The van der Waals surface area contributed by atoms with Crippen molar-refractivity contribution >= 4 is 53.0 Å². The molecule has 2 aromatic rings. The van der Waals surface area contributed by atoms with Gasteiger partial charge in [0.15, 0.2) is 11.6 Å². The van der Waals surface area contributed by atoms with Crippen LogP contribution in [0.1, 0.15) is 147 Å². The summed E-state index contributed by atoms with van der Waals surface area (Å²) >= 11 is 0. The molecule has 0 radical (unpaired) electrons. The van der Waals surface area contributed by atoms with Gasteiger partial charge < -0.3 is 64.0 Å². The van der Waals surface area contributed by atoms with Crippen molar-refractivity contribution in [1.82, 2.24) is 29.7 Å². The van der Waals surface area contributed by atoms with Crippen LogP contribution in [0.2, 0.25) is 0 Å². The number of allylic oxidation sites excluding steroid dienone is 6. The number of nitrogens with two attached hydrogens (primary N) is 1. The smallest absolute Gasteiger partial charge is 0.410 e. The number of piperazine rings is 1. The molecule has 24 nitrogen and oxygen atoms in total. The third-order valence-corrected chi connectivity index (χ3v) is 19.5. The van der Waals surface area contributed by atoms with Gasteiger partial charge in [0.1, 0.15) is 36.2 Å². The molecular formula is C68H97N9O15. The van der Waals surface area contributed by atoms with Crippen LogP contribution in [0.5, 0.6) is 0 Å². The van der Waals surface area contributed by atoms with Gasteiger partial charge in [-0.2, -0.15) is 0 Å². The van der Waals surface area contributed by atoms with E-state index in [9.17, 15) is 43.8 Å². The lowest BCUT2D eigenvalue weighted by molar-refractivity contribution is -0.265. The first kappa shape index (κ1) is 71.2. The predicted molar refractivity (Wildman–Crippen MR) is 341 cm³/mol. The molecule has 2 bridgehead atoms. The second kappa shape index (κ2) is 32.5. The molecule has 0 spiro atoms. The molecule has 15 atom stereocenters. The van der Waals surface area contributed by atoms with Gasteiger partial charge in [-0.25, -0.2) is 29.5 Å². The summed E-state index contributed by atoms with van der Waals surface area (Å²) in [6.07, 6.45) is 13.9. The van der Waals surface area contributed by atoms with E-state index in [1.807, 2.05) is 44.2 Å². The zero-order chi connectivity index (χ0) is 66.6. The van der Waals surface area contributed by atoms with Crippen molar-refractivity contribution in [3.8, 4) is 0 Å². The number of cyclic esters (lactones) is 1. The molecule has 2 amide bonds. The average molecular weight is 1280 g/mol. The second-order valence-corrected chi connectivity index (χ2v) is 26.2. The fourth-order valence-corrected chi connectivity index (χ4v) is 13.6. The minimum Gasteiger partial charge on any atom is -0.459 e. The lowest BCUT2D eigenvalue weighted by Gasteiger charge is -2.42. The van der Waals surface area contributed by atoms with Crippen molar-refractivity contribution in [2.75, 3.05) is 70.4 Å². The van der Waals surface area contributed by atoms with Crippen molar-refractivity contribution in [1.29, 1.82) is 0 Å². The van der Waals surface area contributed by atoms with Crippen molar-refractivity contribution in [3.05, 3.63) is 83.0 Å². The molecule has 2 aromatic heterocycles. The molecule has 3 saturated heterocycles. The van der Waals surface area contributed by atoms with Gasteiger partial charge in [-0.1, -0.05) is 64.2 Å². The van der Waals surface area contributed by atoms with E-state index in [1.54, 1.807) is 71.5 Å². The number of anilines is 2. The Morgan fingerprint density at radius 2 is 1.50 bits per heavy atom. The summed E-state index contributed by atoms with van der Waals surface area (Å²) in [5.74, 6) is -7.51. The van der Waals surface area contributed by atoms with Crippen LogP contribution in [0.25, 0.3) is 0 Å². The maximum absolute atomic E-state index is 14.7. The number of piperidine rings is 1. The monoisotopic (exact) mass is 1280 g/mol. The Labute approximate surface area is 540 Å². The molecule has 7 heterocycles. The van der Waals surface area contributed by atoms with E-state index in [4.69, 9.17) is 39.1 Å². The van der Waals surface area contributed by atoms with Gasteiger partial charge >= 0.3 is 12.1 Å². The van der Waals surface area contributed by atoms with Gasteiger partial charge in [-0.05, 0) is 108 Å². The van der Waals surface area contributed by atoms with Gasteiger partial charge in [0, 0.05) is 128 Å². The van der Waals surface area contributed by atoms with Crippen molar-refractivity contribution < 1.29 is 72.2 Å². The topological polar surface area (TPSA) is 306 Å². The molecule has 5 aliphatic heterocycles. The molecule has 1 aliphatic carbocycles. The molecule has 0 aromatic carbocycles. The first-order valence-electron chi connectivity index (χ1n) is 32.8. The number of aromatic nitrogens is 4. The molecule has 6 aliphatic rings. The Bertz CT molecular complexity index is 3060. The number of ether oxygens (including phenoxy) is 6. The molecular weight excluding hydrogens is 1180 g/mol. The first-order chi connectivity index (χ1) is 43.9. The van der Waals surface area contributed by atoms with E-state index in [2.05, 4.69) is 24.8 Å². The van der Waals surface area contributed by atoms with E-state index in [-0.39, 0.29) is 68.0 Å². The standard InChI is InChI=1S/C68H97N9O15/c1-40-16-12-11-13-17-41(2)56(87-8)34-50-21-19-45(6)68(86,92-50)62(82)63(83)77-24-15-14-18-53(77)64(84)90-57(35-54(79)42(3)31-44(5)60(81)61(89-10)59(80)43(4)30-40)51(69)32-47-20-22-55(58(33-47)88-9)91-67(85)76-25-23-52-49(39-76)38-72-66(73-52)75-28-26-74(27-29-75)65-70-36-48(37-71-65)46(7)78/h11-13,16-17,31,36-38,40,42-43,45,47,50-51,53,55-58,60-61,81,86H,14-15,18-30,32-35,39,69H2,1-10H3/b13-11?,16-12+,41-17?,44-31+/t40-,42-,43-,45-,47+,50+,51-,53+,55-,56+,57+,58-,60-,61+,68-/m1/s1. The minimum absolute atomic E-state index is 0.0175. The quantitative estimate of drug-likeness (QED) is 0.103. The van der Waals surface area contributed by atoms with Gasteiger partial charge in [0.2, 0.25) is 17.7 Å². The number of carbonyl (C=O) groups is 7. The number of nitrogens with zero attached hydrogens (tertiary/aromatic N) is 8. The number of aliphatic hydroxyl groups is 2. The molecule has 4 N–H and O–H groups in total. The van der Waals surface area contributed by atoms with Crippen LogP contribution in [0.4, 0.5) is 16.7 Å². The zero-order valence-corrected chi connectivity index (χ0v) is 55.3. The Balaban J connectivity index is 0.951. The number of methoxy groups -OCH3 is 3. The Kier molecular flexibility index (Phi) is 25.1. The summed E-state index contributed by atoms with van der Waals surface area (Å²) in [6, 6.07) is -2.19. The highest BCUT2D eigenvalue weighted by atomic mass is 16.6. The lowest BCUT2D eigenvalue weighted by Crippen LogP contribution is -2.61. The SMILES string of the molecule is CO[C@H]1C[C@@H]2CC[C@@H](C)[C@@](O)(O2)C(=O)C(=O)N2CCCC[C@H]2C(=O)O[C@H]([C@H](N)C[C@@H]2CC[C@@H](OC(=O)N3CCc4nc(N5CCN(c6ncc(C(C)=O)cn6)CC5)ncc4C3)[C@H](OC)C2)CC(=O)[C@H](C)/C=C(\C)[C@@H](O)[C@@H](OC)C(=O)[C@H](C)C[C@H](C)/C=C/C=CC=C1C. The van der Waals surface area contributed by atoms with Gasteiger partial charge in [-0.3, -0.25) is 24.0 Å². The largest absolute Gasteiger partial charge is 0.459 e. The van der Waals surface area contributed by atoms with E-state index in [1.165, 1.54) is 14.0 Å². The van der Waals surface area contributed by atoms with E-state index in [0.717, 1.165) is 21.7 Å². The summed E-state index contributed by atoms with van der Waals surface area (Å²) in [4.78, 5) is 123. The summed E-state index contributed by atoms with van der Waals surface area (Å²) in [5, 5.41) is 23.7. The molecule has 1 saturated carbocycles. The zero-order valence-electron chi connectivity index (χ0n) is 55.3. The highest BCUT2D eigenvalue weighted by Gasteiger charge is 2.53. The second-order valence-electron chi connectivity index (χ2n) is 26.2. The molecule has 504 valence electrons. The maximum atomic E-state index is 14.7. The number of ketones is 4. The fourth-order valence-electron chi connectivity index (χ4n) is 13.6. The van der Waals surface area contributed by atoms with Gasteiger partial charge in [0.05, 0.1) is 36.1 Å². The summed E-state index contributed by atoms with van der Waals surface area (Å²) in [7, 11) is 4.48. The number of hydrogen-bond acceptors (Lipinski definition) is 22. The maximum Gasteiger partial charge on any atom is 0.410 e. The third-order valence-electron chi connectivity index (χ3n) is 19.5. The van der Waals surface area contributed by atoms with Crippen molar-refractivity contribution in [2.24, 2.45) is 35.3 Å². The van der Waals surface area contributed by atoms with Crippen molar-refractivity contribution in [3.63, 3.8) is 0 Å². The normalized spacial score (nSPS) is 32.8. The molecule has 8 rings (SSSR count). The van der Waals surface area contributed by atoms with Gasteiger partial charge in [-0.15, -0.1) is 0 Å². The number of rotatable bonds is 10. The number of hydrogen-bond donors (Lipinski definition) is 3. The Morgan fingerprint density at radius 1 is 0.793 bits per heavy atom. The van der Waals surface area contributed by atoms with Crippen LogP contribution >= 0.6 is 0 Å². The average Bonchev–Trinajstić information content (AvgIpc) is 0.850. The van der Waals surface area contributed by atoms with Gasteiger partial charge in [0.25, 0.3) is 11.7 Å². The van der Waals surface area contributed by atoms with Crippen LogP contribution in [0.15, 0.2) is 66.2 Å². The number of amides is 2. The van der Waals surface area contributed by atoms with Crippen LogP contribution in [0, 0.1) is 29.6 Å². The predicted octanol–water partition coefficient (Wildman–Crippen LogP) is 6.18. The molecule has 24 heteroatoms. The number of aliphatic hydroxyl groups excluding tert-OH is 1. The van der Waals surface area contributed by atoms with E-state index in [0.29, 0.717) is 114 Å². The number of Topliss-reactive ketones (excluding diaryl/α,β-unsaturated/α-hetero) is 4. The Morgan fingerprint density at radius 3 is 2.18 bits per heavy atom. The molecule has 92 heavy (non-hydrogen) atoms. The summed E-state index contributed by atoms with van der Waals surface area (Å²) < 4.78 is 36.2. The summed E-state index contributed by atoms with van der Waals surface area (Å²) in [6.45, 7) is 15.3. The highest BCUT2D eigenvalue weighted by Crippen LogP contribution is 2.38. The number of carbonyl (C=O) groups excluding carboxylic acids is 7. The first-order valence-corrected chi connectivity index (χ1v) is 32.8. The third kappa shape index (κ3) is 17.6. The Hall–Kier alpha value is -6.67. The lowest BCUT2D eigenvalue weighted by atomic mass is 9.80. The van der Waals surface area contributed by atoms with Crippen LogP contribution < -0.4 is 15.5 Å². The fraction of sp³-hybridized carbons (Fsp3) is 0.662.